The van der Waals surface area contributed by atoms with Gasteiger partial charge in [-0.1, -0.05) is 25.0 Å². The van der Waals surface area contributed by atoms with Crippen LogP contribution in [0.4, 0.5) is 5.69 Å². The highest BCUT2D eigenvalue weighted by Crippen LogP contribution is 2.24. The normalized spacial score (nSPS) is 15.9. The maximum absolute atomic E-state index is 12.9. The Morgan fingerprint density at radius 2 is 1.76 bits per heavy atom. The van der Waals surface area contributed by atoms with Crippen LogP contribution in [0.3, 0.4) is 0 Å². The molecule has 3 N–H and O–H groups in total. The van der Waals surface area contributed by atoms with Crippen molar-refractivity contribution >= 4 is 23.2 Å². The van der Waals surface area contributed by atoms with Gasteiger partial charge in [-0.25, -0.2) is 4.98 Å². The van der Waals surface area contributed by atoms with Crippen molar-refractivity contribution in [3.63, 3.8) is 0 Å². The third-order valence-corrected chi connectivity index (χ3v) is 7.41. The van der Waals surface area contributed by atoms with Crippen LogP contribution >= 0.6 is 0 Å². The Morgan fingerprint density at radius 1 is 0.974 bits per heavy atom. The first-order valence-electron chi connectivity index (χ1n) is 13.4. The number of anilines is 1. The Morgan fingerprint density at radius 3 is 2.50 bits per heavy atom. The average Bonchev–Trinajstić information content (AvgIpc) is 3.64. The number of hydrogen-bond acceptors (Lipinski definition) is 6. The Bertz CT molecular complexity index is 1320. The molecule has 38 heavy (non-hydrogen) atoms. The zero-order valence-electron chi connectivity index (χ0n) is 21.8. The lowest BCUT2D eigenvalue weighted by molar-refractivity contribution is -0.110. The first-order valence-corrected chi connectivity index (χ1v) is 13.4. The van der Waals surface area contributed by atoms with Gasteiger partial charge in [0.15, 0.2) is 0 Å². The largest absolute Gasteiger partial charge is 0.348 e. The highest BCUT2D eigenvalue weighted by molar-refractivity contribution is 6.48. The van der Waals surface area contributed by atoms with Gasteiger partial charge in [0, 0.05) is 36.1 Å². The Labute approximate surface area is 223 Å². The standard InChI is InChI=1S/C30H34N6O2/c1-20-8-9-22(23-14-21(16-32-17-23)19-36-12-4-5-13-36)15-26(20)28(31)30(38)35-25-10-11-27(33-18-25)29(37)34-24-6-2-3-7-24/h8-11,14-18,24,31H,2-7,12-13,19H2,1H3,(H,34,37)(H,35,38). The van der Waals surface area contributed by atoms with Crippen LogP contribution in [0.15, 0.2) is 55.0 Å². The first kappa shape index (κ1) is 25.7. The number of pyridine rings is 2. The number of rotatable bonds is 8. The predicted octanol–water partition coefficient (Wildman–Crippen LogP) is 4.73. The molecule has 2 aromatic heterocycles. The molecule has 196 valence electrons. The summed E-state index contributed by atoms with van der Waals surface area (Å²) in [6.07, 6.45) is 12.0. The number of nitrogens with one attached hydrogen (secondary N) is 3. The summed E-state index contributed by atoms with van der Waals surface area (Å²) >= 11 is 0. The second-order valence-corrected chi connectivity index (χ2v) is 10.3. The van der Waals surface area contributed by atoms with Crippen LogP contribution in [0.1, 0.15) is 65.7 Å². The molecule has 1 saturated heterocycles. The van der Waals surface area contributed by atoms with Gasteiger partial charge in [0.05, 0.1) is 11.9 Å². The molecule has 0 atom stereocenters. The van der Waals surface area contributed by atoms with Gasteiger partial charge >= 0.3 is 0 Å². The Hall–Kier alpha value is -3.91. The second-order valence-electron chi connectivity index (χ2n) is 10.3. The van der Waals surface area contributed by atoms with Gasteiger partial charge in [-0.3, -0.25) is 24.9 Å². The molecule has 1 aliphatic carbocycles. The van der Waals surface area contributed by atoms with Gasteiger partial charge in [0.2, 0.25) is 0 Å². The summed E-state index contributed by atoms with van der Waals surface area (Å²) in [5.74, 6) is -0.731. The van der Waals surface area contributed by atoms with Crippen molar-refractivity contribution in [1.29, 1.82) is 5.41 Å². The van der Waals surface area contributed by atoms with Gasteiger partial charge in [-0.05, 0) is 86.7 Å². The van der Waals surface area contributed by atoms with Crippen molar-refractivity contribution in [1.82, 2.24) is 20.2 Å². The molecule has 1 saturated carbocycles. The minimum Gasteiger partial charge on any atom is -0.348 e. The number of hydrogen-bond donors (Lipinski definition) is 3. The van der Waals surface area contributed by atoms with Crippen LogP contribution in [-0.2, 0) is 11.3 Å². The summed E-state index contributed by atoms with van der Waals surface area (Å²) in [6, 6.07) is 11.4. The SMILES string of the molecule is Cc1ccc(-c2cncc(CN3CCCC3)c2)cc1C(=N)C(=O)Nc1ccc(C(=O)NC2CCCC2)nc1. The van der Waals surface area contributed by atoms with Gasteiger partial charge < -0.3 is 10.6 Å². The van der Waals surface area contributed by atoms with Crippen LogP contribution < -0.4 is 10.6 Å². The van der Waals surface area contributed by atoms with E-state index in [1.54, 1.807) is 12.1 Å². The zero-order valence-corrected chi connectivity index (χ0v) is 21.8. The molecular weight excluding hydrogens is 476 g/mol. The molecular formula is C30H34N6O2. The van der Waals surface area contributed by atoms with Gasteiger partial charge in [-0.2, -0.15) is 0 Å². The fraction of sp³-hybridized carbons (Fsp3) is 0.367. The number of benzene rings is 1. The van der Waals surface area contributed by atoms with Gasteiger partial charge in [0.1, 0.15) is 11.4 Å². The highest BCUT2D eigenvalue weighted by atomic mass is 16.2. The van der Waals surface area contributed by atoms with Crippen LogP contribution in [0, 0.1) is 12.3 Å². The third kappa shape index (κ3) is 6.14. The summed E-state index contributed by atoms with van der Waals surface area (Å²) < 4.78 is 0. The molecule has 8 nitrogen and oxygen atoms in total. The molecule has 1 aliphatic heterocycles. The van der Waals surface area contributed by atoms with E-state index in [-0.39, 0.29) is 17.7 Å². The van der Waals surface area contributed by atoms with E-state index in [2.05, 4.69) is 31.6 Å². The summed E-state index contributed by atoms with van der Waals surface area (Å²) in [5, 5.41) is 14.3. The lowest BCUT2D eigenvalue weighted by Crippen LogP contribution is -2.33. The van der Waals surface area contributed by atoms with Crippen molar-refractivity contribution in [3.8, 4) is 11.1 Å². The Kier molecular flexibility index (Phi) is 7.89. The molecule has 2 amide bonds. The summed E-state index contributed by atoms with van der Waals surface area (Å²) in [4.78, 5) is 36.5. The van der Waals surface area contributed by atoms with Gasteiger partial charge in [-0.15, -0.1) is 0 Å². The summed E-state index contributed by atoms with van der Waals surface area (Å²) in [5.41, 5.74) is 5.06. The number of carbonyl (C=O) groups excluding carboxylic acids is 2. The molecule has 2 fully saturated rings. The minimum absolute atomic E-state index is 0.131. The third-order valence-electron chi connectivity index (χ3n) is 7.41. The summed E-state index contributed by atoms with van der Waals surface area (Å²) in [6.45, 7) is 5.02. The first-order chi connectivity index (χ1) is 18.5. The van der Waals surface area contributed by atoms with E-state index in [0.717, 1.165) is 67.6 Å². The van der Waals surface area contributed by atoms with Crippen molar-refractivity contribution in [2.45, 2.75) is 58.0 Å². The highest BCUT2D eigenvalue weighted by Gasteiger charge is 2.20. The monoisotopic (exact) mass is 510 g/mol. The molecule has 8 heteroatoms. The van der Waals surface area contributed by atoms with E-state index in [9.17, 15) is 9.59 Å². The number of nitrogens with zero attached hydrogens (tertiary/aromatic N) is 3. The number of likely N-dealkylation sites (tertiary alicyclic amines) is 1. The fourth-order valence-corrected chi connectivity index (χ4v) is 5.25. The minimum atomic E-state index is -0.531. The van der Waals surface area contributed by atoms with Crippen LogP contribution in [0.25, 0.3) is 11.1 Å². The predicted molar refractivity (Wildman–Crippen MR) is 148 cm³/mol. The van der Waals surface area contributed by atoms with E-state index < -0.39 is 5.91 Å². The molecule has 3 aromatic rings. The molecule has 2 aliphatic rings. The lowest BCUT2D eigenvalue weighted by atomic mass is 9.97. The van der Waals surface area contributed by atoms with E-state index in [1.807, 2.05) is 37.5 Å². The summed E-state index contributed by atoms with van der Waals surface area (Å²) in [7, 11) is 0. The van der Waals surface area contributed by atoms with E-state index >= 15 is 0 Å². The van der Waals surface area contributed by atoms with Crippen molar-refractivity contribution in [3.05, 3.63) is 77.4 Å². The average molecular weight is 511 g/mol. The molecule has 0 radical (unpaired) electrons. The van der Waals surface area contributed by atoms with Gasteiger partial charge in [0.25, 0.3) is 11.8 Å². The van der Waals surface area contributed by atoms with E-state index in [4.69, 9.17) is 5.41 Å². The number of carbonyl (C=O) groups is 2. The maximum atomic E-state index is 12.9. The van der Waals surface area contributed by atoms with Crippen LogP contribution in [0.5, 0.6) is 0 Å². The fourth-order valence-electron chi connectivity index (χ4n) is 5.25. The molecule has 0 bridgehead atoms. The maximum Gasteiger partial charge on any atom is 0.274 e. The molecule has 0 unspecified atom stereocenters. The van der Waals surface area contributed by atoms with Crippen molar-refractivity contribution in [2.24, 2.45) is 0 Å². The van der Waals surface area contributed by atoms with Crippen LogP contribution in [0.2, 0.25) is 0 Å². The second kappa shape index (κ2) is 11.6. The quantitative estimate of drug-likeness (QED) is 0.380. The molecule has 1 aromatic carbocycles. The molecule has 3 heterocycles. The Balaban J connectivity index is 1.25. The number of aryl methyl sites for hydroxylation is 1. The number of amides is 2. The van der Waals surface area contributed by atoms with E-state index in [1.165, 1.54) is 19.0 Å². The van der Waals surface area contributed by atoms with Crippen LogP contribution in [-0.4, -0.2) is 51.5 Å². The zero-order chi connectivity index (χ0) is 26.5. The van der Waals surface area contributed by atoms with Crippen molar-refractivity contribution in [2.75, 3.05) is 18.4 Å². The van der Waals surface area contributed by atoms with E-state index in [0.29, 0.717) is 16.9 Å². The lowest BCUT2D eigenvalue weighted by Gasteiger charge is -2.15. The smallest absolute Gasteiger partial charge is 0.274 e. The number of aromatic nitrogens is 2. The molecule has 0 spiro atoms. The van der Waals surface area contributed by atoms with Crippen molar-refractivity contribution < 1.29 is 9.59 Å². The topological polar surface area (TPSA) is 111 Å². The molecule has 5 rings (SSSR count).